The summed E-state index contributed by atoms with van der Waals surface area (Å²) in [6.45, 7) is 1.30. The van der Waals surface area contributed by atoms with E-state index >= 15 is 0 Å². The van der Waals surface area contributed by atoms with Gasteiger partial charge < -0.3 is 4.90 Å². The molecular formula is C12H15N. The van der Waals surface area contributed by atoms with Gasteiger partial charge in [0.1, 0.15) is 0 Å². The predicted molar refractivity (Wildman–Crippen MR) is 55.0 cm³/mol. The van der Waals surface area contributed by atoms with E-state index in [0.717, 1.165) is 0 Å². The van der Waals surface area contributed by atoms with Crippen LogP contribution < -0.4 is 4.90 Å². The number of hydrogen-bond acceptors (Lipinski definition) is 1. The maximum atomic E-state index is 2.57. The summed E-state index contributed by atoms with van der Waals surface area (Å²) in [6, 6.07) is 10.8. The van der Waals surface area contributed by atoms with Gasteiger partial charge in [0.15, 0.2) is 0 Å². The zero-order valence-electron chi connectivity index (χ0n) is 7.87. The Balaban J connectivity index is 1.83. The van der Waals surface area contributed by atoms with Crippen molar-refractivity contribution in [3.63, 3.8) is 0 Å². The predicted octanol–water partition coefficient (Wildman–Crippen LogP) is 2.82. The van der Waals surface area contributed by atoms with E-state index in [4.69, 9.17) is 0 Å². The fourth-order valence-corrected chi connectivity index (χ4v) is 2.69. The molecule has 68 valence electrons. The molecule has 1 heterocycles. The Morgan fingerprint density at radius 2 is 1.69 bits per heavy atom. The van der Waals surface area contributed by atoms with Crippen molar-refractivity contribution >= 4 is 5.69 Å². The van der Waals surface area contributed by atoms with Gasteiger partial charge in [-0.05, 0) is 25.0 Å². The molecule has 1 nitrogen and oxygen atoms in total. The van der Waals surface area contributed by atoms with Crippen LogP contribution in [0.1, 0.15) is 25.7 Å². The standard InChI is InChI=1S/C12H15N/c1-2-6-11(7-3-1)13-10-12(13)8-4-5-9-12/h1-3,6-7H,4-5,8-10H2. The van der Waals surface area contributed by atoms with Crippen LogP contribution in [0.25, 0.3) is 0 Å². The third-order valence-corrected chi connectivity index (χ3v) is 3.52. The highest BCUT2D eigenvalue weighted by molar-refractivity contribution is 5.57. The molecule has 1 spiro atoms. The van der Waals surface area contributed by atoms with Gasteiger partial charge in [-0.2, -0.15) is 0 Å². The third-order valence-electron chi connectivity index (χ3n) is 3.52. The van der Waals surface area contributed by atoms with Crippen LogP contribution >= 0.6 is 0 Å². The normalized spacial score (nSPS) is 23.8. The fourth-order valence-electron chi connectivity index (χ4n) is 2.69. The summed E-state index contributed by atoms with van der Waals surface area (Å²) < 4.78 is 0. The van der Waals surface area contributed by atoms with E-state index in [1.54, 1.807) is 0 Å². The minimum Gasteiger partial charge on any atom is -0.362 e. The molecule has 13 heavy (non-hydrogen) atoms. The average molecular weight is 173 g/mol. The van der Waals surface area contributed by atoms with Crippen molar-refractivity contribution < 1.29 is 0 Å². The van der Waals surface area contributed by atoms with Crippen molar-refractivity contribution in [3.05, 3.63) is 30.3 Å². The summed E-state index contributed by atoms with van der Waals surface area (Å²) in [5.74, 6) is 0. The van der Waals surface area contributed by atoms with Gasteiger partial charge in [0, 0.05) is 12.2 Å². The molecule has 0 atom stereocenters. The first-order chi connectivity index (χ1) is 6.41. The third kappa shape index (κ3) is 1.06. The Kier molecular flexibility index (Phi) is 1.43. The monoisotopic (exact) mass is 173 g/mol. The molecule has 1 heteroatoms. The molecule has 0 bridgehead atoms. The number of anilines is 1. The summed E-state index contributed by atoms with van der Waals surface area (Å²) in [5.41, 5.74) is 2.02. The summed E-state index contributed by atoms with van der Waals surface area (Å²) in [4.78, 5) is 2.57. The molecule has 0 unspecified atom stereocenters. The molecule has 0 amide bonds. The van der Waals surface area contributed by atoms with Crippen LogP contribution in [0.4, 0.5) is 5.69 Å². The van der Waals surface area contributed by atoms with E-state index < -0.39 is 0 Å². The second kappa shape index (κ2) is 2.50. The number of para-hydroxylation sites is 1. The molecule has 1 saturated carbocycles. The van der Waals surface area contributed by atoms with Gasteiger partial charge in [-0.1, -0.05) is 31.0 Å². The van der Waals surface area contributed by atoms with Crippen LogP contribution in [-0.2, 0) is 0 Å². The van der Waals surface area contributed by atoms with Crippen molar-refractivity contribution in [2.45, 2.75) is 31.2 Å². The average Bonchev–Trinajstić information content (AvgIpc) is 2.66. The summed E-state index contributed by atoms with van der Waals surface area (Å²) in [5, 5.41) is 0. The van der Waals surface area contributed by atoms with Gasteiger partial charge in [-0.3, -0.25) is 0 Å². The maximum absolute atomic E-state index is 2.57. The molecule has 1 saturated heterocycles. The largest absolute Gasteiger partial charge is 0.362 e. The van der Waals surface area contributed by atoms with E-state index in [-0.39, 0.29) is 0 Å². The minimum atomic E-state index is 0.599. The molecule has 0 aromatic heterocycles. The van der Waals surface area contributed by atoms with E-state index in [0.29, 0.717) is 5.54 Å². The number of hydrogen-bond donors (Lipinski definition) is 0. The van der Waals surface area contributed by atoms with Gasteiger partial charge in [0.2, 0.25) is 0 Å². The van der Waals surface area contributed by atoms with E-state index in [2.05, 4.69) is 35.2 Å². The van der Waals surface area contributed by atoms with Gasteiger partial charge in [-0.25, -0.2) is 0 Å². The Labute approximate surface area is 79.4 Å². The Bertz CT molecular complexity index is 298. The summed E-state index contributed by atoms with van der Waals surface area (Å²) in [7, 11) is 0. The first-order valence-corrected chi connectivity index (χ1v) is 5.23. The Morgan fingerprint density at radius 3 is 2.38 bits per heavy atom. The van der Waals surface area contributed by atoms with Gasteiger partial charge in [-0.15, -0.1) is 0 Å². The Morgan fingerprint density at radius 1 is 1.00 bits per heavy atom. The van der Waals surface area contributed by atoms with E-state index in [9.17, 15) is 0 Å². The fraction of sp³-hybridized carbons (Fsp3) is 0.500. The van der Waals surface area contributed by atoms with Crippen molar-refractivity contribution in [2.75, 3.05) is 11.4 Å². The number of rotatable bonds is 1. The molecule has 0 radical (unpaired) electrons. The molecule has 1 aliphatic carbocycles. The van der Waals surface area contributed by atoms with E-state index in [1.165, 1.54) is 37.9 Å². The SMILES string of the molecule is c1ccc(N2CC23CCCC3)cc1. The zero-order chi connectivity index (χ0) is 8.73. The van der Waals surface area contributed by atoms with Crippen molar-refractivity contribution in [3.8, 4) is 0 Å². The van der Waals surface area contributed by atoms with Crippen LogP contribution in [0.15, 0.2) is 30.3 Å². The molecule has 2 aliphatic rings. The van der Waals surface area contributed by atoms with Gasteiger partial charge in [0.25, 0.3) is 0 Å². The second-order valence-corrected chi connectivity index (χ2v) is 4.35. The van der Waals surface area contributed by atoms with Gasteiger partial charge >= 0.3 is 0 Å². The second-order valence-electron chi connectivity index (χ2n) is 4.35. The smallest absolute Gasteiger partial charge is 0.0578 e. The summed E-state index contributed by atoms with van der Waals surface area (Å²) in [6.07, 6.45) is 5.70. The number of benzene rings is 1. The first-order valence-electron chi connectivity index (χ1n) is 5.23. The topological polar surface area (TPSA) is 3.01 Å². The Hall–Kier alpha value is -0.980. The first kappa shape index (κ1) is 7.43. The molecule has 1 aromatic rings. The minimum absolute atomic E-state index is 0.599. The summed E-state index contributed by atoms with van der Waals surface area (Å²) >= 11 is 0. The molecule has 1 aromatic carbocycles. The van der Waals surface area contributed by atoms with Crippen molar-refractivity contribution in [2.24, 2.45) is 0 Å². The van der Waals surface area contributed by atoms with Crippen LogP contribution in [0.5, 0.6) is 0 Å². The molecule has 0 N–H and O–H groups in total. The quantitative estimate of drug-likeness (QED) is 0.590. The highest BCUT2D eigenvalue weighted by Gasteiger charge is 2.52. The van der Waals surface area contributed by atoms with Crippen molar-refractivity contribution in [1.82, 2.24) is 0 Å². The zero-order valence-corrected chi connectivity index (χ0v) is 7.87. The lowest BCUT2D eigenvalue weighted by Crippen LogP contribution is -2.12. The van der Waals surface area contributed by atoms with Crippen LogP contribution in [-0.4, -0.2) is 12.1 Å². The van der Waals surface area contributed by atoms with Gasteiger partial charge in [0.05, 0.1) is 5.54 Å². The lowest BCUT2D eigenvalue weighted by Gasteiger charge is -2.11. The molecule has 2 fully saturated rings. The highest BCUT2D eigenvalue weighted by atomic mass is 15.4. The molecule has 1 aliphatic heterocycles. The van der Waals surface area contributed by atoms with Crippen molar-refractivity contribution in [1.29, 1.82) is 0 Å². The highest BCUT2D eigenvalue weighted by Crippen LogP contribution is 2.48. The van der Waals surface area contributed by atoms with Crippen LogP contribution in [0.2, 0.25) is 0 Å². The van der Waals surface area contributed by atoms with E-state index in [1.807, 2.05) is 0 Å². The molecular weight excluding hydrogens is 158 g/mol. The maximum Gasteiger partial charge on any atom is 0.0578 e. The van der Waals surface area contributed by atoms with Crippen LogP contribution in [0.3, 0.4) is 0 Å². The lowest BCUT2D eigenvalue weighted by molar-refractivity contribution is 0.682. The molecule has 3 rings (SSSR count). The number of nitrogens with zero attached hydrogens (tertiary/aromatic N) is 1. The van der Waals surface area contributed by atoms with Crippen LogP contribution in [0, 0.1) is 0 Å². The lowest BCUT2D eigenvalue weighted by atomic mass is 10.1.